The van der Waals surface area contributed by atoms with Crippen LogP contribution in [-0.2, 0) is 11.4 Å². The van der Waals surface area contributed by atoms with Gasteiger partial charge in [0, 0.05) is 37.3 Å². The lowest BCUT2D eigenvalue weighted by Crippen LogP contribution is -2.47. The molecule has 1 saturated heterocycles. The van der Waals surface area contributed by atoms with Crippen LogP contribution >= 0.6 is 11.8 Å². The Morgan fingerprint density at radius 1 is 0.784 bits per heavy atom. The molecule has 4 aromatic carbocycles. The van der Waals surface area contributed by atoms with Crippen molar-refractivity contribution in [2.75, 3.05) is 31.1 Å². The fourth-order valence-electron chi connectivity index (χ4n) is 4.71. The van der Waals surface area contributed by atoms with Crippen molar-refractivity contribution in [1.29, 1.82) is 0 Å². The van der Waals surface area contributed by atoms with Gasteiger partial charge in [0.1, 0.15) is 12.4 Å². The van der Waals surface area contributed by atoms with Gasteiger partial charge in [0.15, 0.2) is 5.17 Å². The summed E-state index contributed by atoms with van der Waals surface area (Å²) in [6, 6.07) is 32.9. The lowest BCUT2D eigenvalue weighted by Gasteiger charge is -2.37. The molecule has 0 bridgehead atoms. The lowest BCUT2D eigenvalue weighted by atomic mass is 10.1. The summed E-state index contributed by atoms with van der Waals surface area (Å²) < 4.78 is 5.87. The maximum Gasteiger partial charge on any atom is 0.286 e. The summed E-state index contributed by atoms with van der Waals surface area (Å²) in [4.78, 5) is 22.3. The minimum atomic E-state index is -0.166. The molecule has 2 aliphatic rings. The number of benzene rings is 4. The number of aliphatic imine (C=N–C) groups is 1. The second-order valence-electron chi connectivity index (χ2n) is 9.13. The van der Waals surface area contributed by atoms with Crippen molar-refractivity contribution in [1.82, 2.24) is 4.90 Å². The predicted molar refractivity (Wildman–Crippen MR) is 153 cm³/mol. The van der Waals surface area contributed by atoms with Gasteiger partial charge in [0.2, 0.25) is 0 Å². The molecule has 2 heterocycles. The number of anilines is 1. The summed E-state index contributed by atoms with van der Waals surface area (Å²) in [6.45, 7) is 3.99. The lowest BCUT2D eigenvalue weighted by molar-refractivity contribution is -0.113. The highest BCUT2D eigenvalue weighted by Crippen LogP contribution is 2.32. The first-order valence-electron chi connectivity index (χ1n) is 12.5. The fraction of sp³-hybridized carbons (Fsp3) is 0.161. The largest absolute Gasteiger partial charge is 0.489 e. The highest BCUT2D eigenvalue weighted by molar-refractivity contribution is 8.18. The third-order valence-corrected chi connectivity index (χ3v) is 7.74. The summed E-state index contributed by atoms with van der Waals surface area (Å²) >= 11 is 1.47. The number of rotatable bonds is 5. The Hall–Kier alpha value is -4.03. The predicted octanol–water partition coefficient (Wildman–Crippen LogP) is 6.21. The highest BCUT2D eigenvalue weighted by atomic mass is 32.2. The number of piperazine rings is 1. The average molecular weight is 506 g/mol. The molecular formula is C31H27N3O2S. The summed E-state index contributed by atoms with van der Waals surface area (Å²) in [7, 11) is 0. The van der Waals surface area contributed by atoms with E-state index < -0.39 is 0 Å². The van der Waals surface area contributed by atoms with Crippen LogP contribution in [0.2, 0.25) is 0 Å². The van der Waals surface area contributed by atoms with E-state index >= 15 is 0 Å². The molecule has 184 valence electrons. The quantitative estimate of drug-likeness (QED) is 0.302. The van der Waals surface area contributed by atoms with Crippen LogP contribution in [0, 0.1) is 0 Å². The summed E-state index contributed by atoms with van der Waals surface area (Å²) in [5.41, 5.74) is 3.36. The van der Waals surface area contributed by atoms with Crippen LogP contribution in [0.15, 0.2) is 107 Å². The standard InChI is InChI=1S/C31H27N3O2S/c35-30-29(21-23-13-15-26(16-14-23)36-22-24-7-2-1-3-8-24)37-31(32-30)34-19-17-33(18-20-34)28-12-6-10-25-9-4-5-11-27(25)28/h1-16,21H,17-20,22H2/b29-21+. The number of thioether (sulfide) groups is 1. The topological polar surface area (TPSA) is 45.1 Å². The Labute approximate surface area is 221 Å². The van der Waals surface area contributed by atoms with E-state index in [1.165, 1.54) is 28.2 Å². The number of carbonyl (C=O) groups excluding carboxylic acids is 1. The highest BCUT2D eigenvalue weighted by Gasteiger charge is 2.28. The number of hydrogen-bond acceptors (Lipinski definition) is 5. The van der Waals surface area contributed by atoms with Crippen LogP contribution in [0.4, 0.5) is 5.69 Å². The SMILES string of the molecule is O=C1N=C(N2CCN(c3cccc4ccccc34)CC2)S/C1=C/c1ccc(OCc2ccccc2)cc1. The van der Waals surface area contributed by atoms with Gasteiger partial charge in [-0.05, 0) is 52.6 Å². The van der Waals surface area contributed by atoms with Crippen molar-refractivity contribution in [2.24, 2.45) is 4.99 Å². The molecule has 0 spiro atoms. The van der Waals surface area contributed by atoms with Gasteiger partial charge in [-0.25, -0.2) is 0 Å². The second kappa shape index (κ2) is 10.5. The van der Waals surface area contributed by atoms with E-state index in [9.17, 15) is 4.79 Å². The maximum atomic E-state index is 12.7. The van der Waals surface area contributed by atoms with E-state index in [-0.39, 0.29) is 5.91 Å². The first-order chi connectivity index (χ1) is 18.2. The number of nitrogens with zero attached hydrogens (tertiary/aromatic N) is 3. The zero-order chi connectivity index (χ0) is 25.0. The average Bonchev–Trinajstić information content (AvgIpc) is 3.32. The van der Waals surface area contributed by atoms with Crippen molar-refractivity contribution in [3.63, 3.8) is 0 Å². The number of fused-ring (bicyclic) bond motifs is 1. The third kappa shape index (κ3) is 5.25. The van der Waals surface area contributed by atoms with Crippen LogP contribution in [0.5, 0.6) is 5.75 Å². The molecule has 37 heavy (non-hydrogen) atoms. The minimum Gasteiger partial charge on any atom is -0.489 e. The molecule has 0 saturated carbocycles. The molecule has 0 radical (unpaired) electrons. The zero-order valence-electron chi connectivity index (χ0n) is 20.4. The van der Waals surface area contributed by atoms with Crippen LogP contribution < -0.4 is 9.64 Å². The van der Waals surface area contributed by atoms with Crippen molar-refractivity contribution >= 4 is 45.4 Å². The number of hydrogen-bond donors (Lipinski definition) is 0. The fourth-order valence-corrected chi connectivity index (χ4v) is 5.67. The molecule has 0 N–H and O–H groups in total. The van der Waals surface area contributed by atoms with Gasteiger partial charge in [0.05, 0.1) is 4.91 Å². The normalized spacial score (nSPS) is 16.9. The van der Waals surface area contributed by atoms with E-state index in [1.807, 2.05) is 60.7 Å². The molecule has 0 aromatic heterocycles. The number of amides is 1. The number of ether oxygens (including phenoxy) is 1. The molecule has 0 unspecified atom stereocenters. The Bertz CT molecular complexity index is 1470. The van der Waals surface area contributed by atoms with Crippen molar-refractivity contribution in [2.45, 2.75) is 6.61 Å². The molecular weight excluding hydrogens is 478 g/mol. The molecule has 0 atom stereocenters. The molecule has 1 fully saturated rings. The number of amidine groups is 1. The molecule has 6 heteroatoms. The minimum absolute atomic E-state index is 0.166. The Morgan fingerprint density at radius 2 is 1.49 bits per heavy atom. The molecule has 5 nitrogen and oxygen atoms in total. The van der Waals surface area contributed by atoms with Gasteiger partial charge in [0.25, 0.3) is 5.91 Å². The van der Waals surface area contributed by atoms with Crippen LogP contribution in [0.3, 0.4) is 0 Å². The van der Waals surface area contributed by atoms with Gasteiger partial charge in [-0.3, -0.25) is 4.79 Å². The van der Waals surface area contributed by atoms with Gasteiger partial charge >= 0.3 is 0 Å². The van der Waals surface area contributed by atoms with Gasteiger partial charge in [-0.2, -0.15) is 4.99 Å². The van der Waals surface area contributed by atoms with E-state index in [0.29, 0.717) is 11.5 Å². The Balaban J connectivity index is 1.06. The van der Waals surface area contributed by atoms with Crippen LogP contribution in [-0.4, -0.2) is 42.2 Å². The molecule has 2 aliphatic heterocycles. The zero-order valence-corrected chi connectivity index (χ0v) is 21.2. The van der Waals surface area contributed by atoms with Crippen LogP contribution in [0.1, 0.15) is 11.1 Å². The third-order valence-electron chi connectivity index (χ3n) is 6.69. The van der Waals surface area contributed by atoms with Gasteiger partial charge in [-0.15, -0.1) is 0 Å². The second-order valence-corrected chi connectivity index (χ2v) is 10.1. The first kappa shape index (κ1) is 23.4. The summed E-state index contributed by atoms with van der Waals surface area (Å²) in [6.07, 6.45) is 1.91. The van der Waals surface area contributed by atoms with Gasteiger partial charge in [-0.1, -0.05) is 78.9 Å². The molecule has 4 aromatic rings. The summed E-state index contributed by atoms with van der Waals surface area (Å²) in [5.74, 6) is 0.637. The Kier molecular flexibility index (Phi) is 6.65. The Morgan fingerprint density at radius 3 is 2.30 bits per heavy atom. The van der Waals surface area contributed by atoms with Crippen molar-refractivity contribution in [3.8, 4) is 5.75 Å². The maximum absolute atomic E-state index is 12.7. The van der Waals surface area contributed by atoms with Crippen molar-refractivity contribution < 1.29 is 9.53 Å². The molecule has 0 aliphatic carbocycles. The summed E-state index contributed by atoms with van der Waals surface area (Å²) in [5, 5.41) is 3.34. The van der Waals surface area contributed by atoms with Crippen LogP contribution in [0.25, 0.3) is 16.8 Å². The monoisotopic (exact) mass is 505 g/mol. The molecule has 6 rings (SSSR count). The smallest absolute Gasteiger partial charge is 0.286 e. The van der Waals surface area contributed by atoms with E-state index in [4.69, 9.17) is 4.74 Å². The number of carbonyl (C=O) groups is 1. The van der Waals surface area contributed by atoms with Crippen molar-refractivity contribution in [3.05, 3.63) is 113 Å². The van der Waals surface area contributed by atoms with E-state index in [0.717, 1.165) is 48.2 Å². The van der Waals surface area contributed by atoms with Gasteiger partial charge < -0.3 is 14.5 Å². The van der Waals surface area contributed by atoms with E-state index in [2.05, 4.69) is 57.3 Å². The first-order valence-corrected chi connectivity index (χ1v) is 13.3. The molecule has 1 amide bonds. The van der Waals surface area contributed by atoms with E-state index in [1.54, 1.807) is 0 Å².